The molecule has 0 saturated carbocycles. The van der Waals surface area contributed by atoms with Crippen LogP contribution in [0.5, 0.6) is 0 Å². The maximum atomic E-state index is 13.7. The molecule has 0 amide bonds. The van der Waals surface area contributed by atoms with Crippen LogP contribution in [0.15, 0.2) is 53.9 Å². The number of halogens is 1. The molecular weight excluding hydrogens is 339 g/mol. The first-order valence-corrected chi connectivity index (χ1v) is 8.65. The molecule has 0 aliphatic carbocycles. The highest BCUT2D eigenvalue weighted by Crippen LogP contribution is 2.32. The Morgan fingerprint density at radius 3 is 2.80 bits per heavy atom. The van der Waals surface area contributed by atoms with E-state index in [0.717, 1.165) is 5.03 Å². The second-order valence-corrected chi connectivity index (χ2v) is 6.11. The molecule has 0 radical (unpaired) electrons. The fraction of sp³-hybridized carbons (Fsp3) is 0.0588. The van der Waals surface area contributed by atoms with Crippen molar-refractivity contribution >= 4 is 23.4 Å². The van der Waals surface area contributed by atoms with Gasteiger partial charge < -0.3 is 5.73 Å². The van der Waals surface area contributed by atoms with Crippen LogP contribution in [-0.2, 0) is 0 Å². The summed E-state index contributed by atoms with van der Waals surface area (Å²) in [4.78, 5) is 17.4. The lowest BCUT2D eigenvalue weighted by atomic mass is 10.1. The van der Waals surface area contributed by atoms with E-state index < -0.39 is 0 Å². The molecule has 0 saturated heterocycles. The van der Waals surface area contributed by atoms with Crippen molar-refractivity contribution in [3.8, 4) is 22.6 Å². The number of thioether (sulfide) groups is 1. The molecule has 25 heavy (non-hydrogen) atoms. The minimum absolute atomic E-state index is 0.333. The number of nitrogens with zero attached hydrogens (tertiary/aromatic N) is 5. The number of aromatic nitrogens is 5. The summed E-state index contributed by atoms with van der Waals surface area (Å²) in [5.41, 5.74) is 8.40. The Kier molecular flexibility index (Phi) is 3.81. The average Bonchev–Trinajstić information content (AvgIpc) is 3.00. The van der Waals surface area contributed by atoms with Gasteiger partial charge in [-0.05, 0) is 30.5 Å². The van der Waals surface area contributed by atoms with Crippen LogP contribution in [0.1, 0.15) is 0 Å². The number of hydrogen-bond donors (Lipinski definition) is 1. The Morgan fingerprint density at radius 1 is 1.12 bits per heavy atom. The van der Waals surface area contributed by atoms with Crippen molar-refractivity contribution in [1.29, 1.82) is 0 Å². The van der Waals surface area contributed by atoms with Crippen molar-refractivity contribution in [2.24, 2.45) is 0 Å². The van der Waals surface area contributed by atoms with Crippen LogP contribution in [0.25, 0.3) is 28.4 Å². The molecular formula is C17H13FN6S. The maximum absolute atomic E-state index is 13.7. The van der Waals surface area contributed by atoms with Gasteiger partial charge in [-0.2, -0.15) is 4.98 Å². The summed E-state index contributed by atoms with van der Waals surface area (Å²) < 4.78 is 15.5. The summed E-state index contributed by atoms with van der Waals surface area (Å²) in [6.45, 7) is 0. The van der Waals surface area contributed by atoms with Crippen LogP contribution in [0.2, 0.25) is 0 Å². The molecule has 0 bridgehead atoms. The Hall–Kier alpha value is -3.00. The van der Waals surface area contributed by atoms with Crippen molar-refractivity contribution < 1.29 is 4.39 Å². The van der Waals surface area contributed by atoms with Gasteiger partial charge in [0.1, 0.15) is 29.4 Å². The number of rotatable bonds is 3. The van der Waals surface area contributed by atoms with Crippen LogP contribution in [0, 0.1) is 5.82 Å². The van der Waals surface area contributed by atoms with E-state index in [1.165, 1.54) is 30.2 Å². The van der Waals surface area contributed by atoms with E-state index in [1.54, 1.807) is 28.8 Å². The molecule has 6 nitrogen and oxygen atoms in total. The zero-order chi connectivity index (χ0) is 17.4. The predicted octanol–water partition coefficient (Wildman–Crippen LogP) is 3.30. The Bertz CT molecular complexity index is 1080. The van der Waals surface area contributed by atoms with Gasteiger partial charge in [-0.1, -0.05) is 12.1 Å². The monoisotopic (exact) mass is 352 g/mol. The molecule has 1 aromatic carbocycles. The minimum atomic E-state index is -0.333. The number of anilines is 1. The summed E-state index contributed by atoms with van der Waals surface area (Å²) in [5, 5.41) is 0.827. The van der Waals surface area contributed by atoms with Gasteiger partial charge in [0.2, 0.25) is 5.78 Å². The standard InChI is InChI=1S/C17H13FN6S/c1-25-14-8-12(20-9-21-14)16-15(10-3-2-4-11(18)7-10)23-17-22-13(19)5-6-24(16)17/h2-9H,1H3,(H2,19,22,23). The van der Waals surface area contributed by atoms with Gasteiger partial charge in [-0.3, -0.25) is 4.40 Å². The van der Waals surface area contributed by atoms with Crippen LogP contribution >= 0.6 is 11.8 Å². The summed E-state index contributed by atoms with van der Waals surface area (Å²) in [6, 6.07) is 9.83. The first kappa shape index (κ1) is 15.5. The summed E-state index contributed by atoms with van der Waals surface area (Å²) in [5.74, 6) is 0.460. The molecule has 3 heterocycles. The highest BCUT2D eigenvalue weighted by Gasteiger charge is 2.19. The van der Waals surface area contributed by atoms with Gasteiger partial charge in [0.15, 0.2) is 0 Å². The lowest BCUT2D eigenvalue weighted by Crippen LogP contribution is -1.97. The lowest BCUT2D eigenvalue weighted by Gasteiger charge is -2.06. The first-order valence-electron chi connectivity index (χ1n) is 7.42. The third-order valence-electron chi connectivity index (χ3n) is 3.71. The molecule has 0 fully saturated rings. The normalized spacial score (nSPS) is 11.1. The highest BCUT2D eigenvalue weighted by atomic mass is 32.2. The molecule has 0 spiro atoms. The van der Waals surface area contributed by atoms with Crippen LogP contribution in [-0.4, -0.2) is 30.6 Å². The van der Waals surface area contributed by atoms with Crippen LogP contribution in [0.3, 0.4) is 0 Å². The van der Waals surface area contributed by atoms with Gasteiger partial charge >= 0.3 is 0 Å². The van der Waals surface area contributed by atoms with E-state index in [2.05, 4.69) is 19.9 Å². The third-order valence-corrected chi connectivity index (χ3v) is 4.35. The molecule has 124 valence electrons. The third kappa shape index (κ3) is 2.80. The molecule has 8 heteroatoms. The van der Waals surface area contributed by atoms with Crippen molar-refractivity contribution in [3.63, 3.8) is 0 Å². The lowest BCUT2D eigenvalue weighted by molar-refractivity contribution is 0.628. The number of nitrogen functional groups attached to an aromatic ring is 1. The average molecular weight is 352 g/mol. The second kappa shape index (κ2) is 6.14. The molecule has 0 aliphatic rings. The molecule has 2 N–H and O–H groups in total. The van der Waals surface area contributed by atoms with E-state index in [1.807, 2.05) is 12.3 Å². The molecule has 4 rings (SSSR count). The van der Waals surface area contributed by atoms with Gasteiger partial charge in [-0.25, -0.2) is 19.3 Å². The van der Waals surface area contributed by atoms with Gasteiger partial charge in [-0.15, -0.1) is 11.8 Å². The number of hydrogen-bond acceptors (Lipinski definition) is 6. The quantitative estimate of drug-likeness (QED) is 0.450. The van der Waals surface area contributed by atoms with Crippen LogP contribution in [0.4, 0.5) is 10.2 Å². The Balaban J connectivity index is 2.04. The van der Waals surface area contributed by atoms with E-state index in [9.17, 15) is 4.39 Å². The number of fused-ring (bicyclic) bond motifs is 1. The van der Waals surface area contributed by atoms with E-state index in [4.69, 9.17) is 5.73 Å². The summed E-state index contributed by atoms with van der Waals surface area (Å²) in [6.07, 6.45) is 5.22. The van der Waals surface area contributed by atoms with Gasteiger partial charge in [0.05, 0.1) is 10.7 Å². The van der Waals surface area contributed by atoms with Gasteiger partial charge in [0, 0.05) is 11.8 Å². The fourth-order valence-electron chi connectivity index (χ4n) is 2.61. The molecule has 4 aromatic rings. The summed E-state index contributed by atoms with van der Waals surface area (Å²) >= 11 is 1.52. The van der Waals surface area contributed by atoms with Crippen molar-refractivity contribution in [1.82, 2.24) is 24.3 Å². The topological polar surface area (TPSA) is 82.0 Å². The smallest absolute Gasteiger partial charge is 0.236 e. The fourth-order valence-corrected chi connectivity index (χ4v) is 2.99. The largest absolute Gasteiger partial charge is 0.384 e. The van der Waals surface area contributed by atoms with Crippen molar-refractivity contribution in [2.75, 3.05) is 12.0 Å². The van der Waals surface area contributed by atoms with E-state index in [-0.39, 0.29) is 5.82 Å². The number of benzene rings is 1. The van der Waals surface area contributed by atoms with Crippen LogP contribution < -0.4 is 5.73 Å². The van der Waals surface area contributed by atoms with E-state index in [0.29, 0.717) is 34.2 Å². The molecule has 0 atom stereocenters. The predicted molar refractivity (Wildman–Crippen MR) is 95.6 cm³/mol. The highest BCUT2D eigenvalue weighted by molar-refractivity contribution is 7.98. The van der Waals surface area contributed by atoms with E-state index >= 15 is 0 Å². The molecule has 0 aliphatic heterocycles. The maximum Gasteiger partial charge on any atom is 0.236 e. The van der Waals surface area contributed by atoms with Crippen molar-refractivity contribution in [2.45, 2.75) is 5.03 Å². The molecule has 3 aromatic heterocycles. The Morgan fingerprint density at radius 2 is 2.00 bits per heavy atom. The molecule has 0 unspecified atom stereocenters. The van der Waals surface area contributed by atoms with Crippen molar-refractivity contribution in [3.05, 3.63) is 54.7 Å². The van der Waals surface area contributed by atoms with Gasteiger partial charge in [0.25, 0.3) is 0 Å². The first-order chi connectivity index (χ1) is 12.2. The second-order valence-electron chi connectivity index (χ2n) is 5.29. The Labute approximate surface area is 147 Å². The number of nitrogens with two attached hydrogens (primary N) is 1. The SMILES string of the molecule is CSc1cc(-c2c(-c3cccc(F)c3)nc3nc(N)ccn23)ncn1. The summed E-state index contributed by atoms with van der Waals surface area (Å²) in [7, 11) is 0. The minimum Gasteiger partial charge on any atom is -0.384 e. The number of imidazole rings is 1. The zero-order valence-corrected chi connectivity index (χ0v) is 14.0. The zero-order valence-electron chi connectivity index (χ0n) is 13.2.